The Balaban J connectivity index is 1.72. The first-order valence-electron chi connectivity index (χ1n) is 5.57. The maximum absolute atomic E-state index is 2.67. The third kappa shape index (κ3) is 2.23. The molecule has 1 aliphatic heterocycles. The third-order valence-corrected chi connectivity index (χ3v) is 3.65. The van der Waals surface area contributed by atoms with Crippen molar-refractivity contribution < 1.29 is 4.48 Å². The number of hydrogen-bond acceptors (Lipinski definition) is 1. The highest BCUT2D eigenvalue weighted by atomic mass is 15.3. The molecule has 2 aliphatic rings. The highest BCUT2D eigenvalue weighted by Gasteiger charge is 2.39. The first-order valence-corrected chi connectivity index (χ1v) is 5.57. The number of quaternary nitrogens is 1. The molecule has 0 bridgehead atoms. The number of likely N-dealkylation sites (tertiary alicyclic amines) is 1. The molecule has 2 nitrogen and oxygen atoms in total. The minimum atomic E-state index is 1.08. The van der Waals surface area contributed by atoms with Gasteiger partial charge in [0.1, 0.15) is 0 Å². The highest BCUT2D eigenvalue weighted by molar-refractivity contribution is 4.91. The molecular weight excluding hydrogens is 160 g/mol. The van der Waals surface area contributed by atoms with Gasteiger partial charge in [-0.15, -0.1) is 0 Å². The molecule has 0 aromatic carbocycles. The van der Waals surface area contributed by atoms with Crippen molar-refractivity contribution in [3.63, 3.8) is 0 Å². The third-order valence-electron chi connectivity index (χ3n) is 3.65. The topological polar surface area (TPSA) is 3.24 Å². The Bertz CT molecular complexity index is 171. The van der Waals surface area contributed by atoms with Gasteiger partial charge in [-0.2, -0.15) is 0 Å². The second kappa shape index (κ2) is 3.25. The number of likely N-dealkylation sites (N-methyl/N-ethyl adjacent to an activating group) is 1. The van der Waals surface area contributed by atoms with E-state index in [1.54, 1.807) is 0 Å². The number of hydrogen-bond donors (Lipinski definition) is 0. The highest BCUT2D eigenvalue weighted by Crippen LogP contribution is 2.40. The molecule has 1 aliphatic carbocycles. The van der Waals surface area contributed by atoms with Gasteiger partial charge in [-0.25, -0.2) is 0 Å². The van der Waals surface area contributed by atoms with Crippen LogP contribution in [0.3, 0.4) is 0 Å². The lowest BCUT2D eigenvalue weighted by Gasteiger charge is -2.28. The van der Waals surface area contributed by atoms with Crippen LogP contribution in [0, 0.1) is 11.8 Å². The van der Waals surface area contributed by atoms with E-state index in [1.807, 2.05) is 0 Å². The van der Waals surface area contributed by atoms with E-state index in [4.69, 9.17) is 0 Å². The van der Waals surface area contributed by atoms with E-state index in [0.717, 1.165) is 16.3 Å². The smallest absolute Gasteiger partial charge is 0.0909 e. The fourth-order valence-corrected chi connectivity index (χ4v) is 2.48. The summed E-state index contributed by atoms with van der Waals surface area (Å²) in [6.07, 6.45) is 3.01. The molecule has 2 heteroatoms. The van der Waals surface area contributed by atoms with Crippen molar-refractivity contribution in [1.82, 2.24) is 4.90 Å². The predicted octanol–water partition coefficient (Wildman–Crippen LogP) is 1.03. The van der Waals surface area contributed by atoms with Crippen LogP contribution in [0.25, 0.3) is 0 Å². The van der Waals surface area contributed by atoms with Crippen molar-refractivity contribution in [1.29, 1.82) is 0 Å². The lowest BCUT2D eigenvalue weighted by Crippen LogP contribution is -2.41. The van der Waals surface area contributed by atoms with Crippen LogP contribution in [-0.4, -0.2) is 56.7 Å². The van der Waals surface area contributed by atoms with E-state index in [2.05, 4.69) is 26.0 Å². The summed E-state index contributed by atoms with van der Waals surface area (Å²) in [6.45, 7) is 5.38. The average Bonchev–Trinajstić information content (AvgIpc) is 2.24. The summed E-state index contributed by atoms with van der Waals surface area (Å²) < 4.78 is 1.10. The van der Waals surface area contributed by atoms with E-state index in [9.17, 15) is 0 Å². The maximum Gasteiger partial charge on any atom is 0.0909 e. The molecule has 0 radical (unpaired) electrons. The van der Waals surface area contributed by atoms with Crippen LogP contribution in [0.2, 0.25) is 0 Å². The van der Waals surface area contributed by atoms with Gasteiger partial charge >= 0.3 is 0 Å². The minimum Gasteiger partial charge on any atom is -0.330 e. The average molecular weight is 183 g/mol. The number of fused-ring (bicyclic) bond motifs is 1. The molecule has 0 spiro atoms. The number of rotatable bonds is 3. The van der Waals surface area contributed by atoms with Crippen molar-refractivity contribution in [2.45, 2.75) is 12.8 Å². The van der Waals surface area contributed by atoms with Crippen molar-refractivity contribution in [2.24, 2.45) is 11.8 Å². The summed E-state index contributed by atoms with van der Waals surface area (Å²) in [5, 5.41) is 0. The van der Waals surface area contributed by atoms with Crippen LogP contribution < -0.4 is 0 Å². The summed E-state index contributed by atoms with van der Waals surface area (Å²) in [7, 11) is 6.85. The van der Waals surface area contributed by atoms with Crippen LogP contribution in [0.5, 0.6) is 0 Å². The van der Waals surface area contributed by atoms with Crippen molar-refractivity contribution in [3.8, 4) is 0 Å². The molecule has 1 saturated heterocycles. The Morgan fingerprint density at radius 3 is 2.00 bits per heavy atom. The van der Waals surface area contributed by atoms with E-state index in [1.165, 1.54) is 39.0 Å². The van der Waals surface area contributed by atoms with Crippen LogP contribution in [0.4, 0.5) is 0 Å². The zero-order valence-corrected chi connectivity index (χ0v) is 9.29. The Hall–Kier alpha value is -0.0800. The maximum atomic E-state index is 2.67. The largest absolute Gasteiger partial charge is 0.330 e. The summed E-state index contributed by atoms with van der Waals surface area (Å²) in [6, 6.07) is 0. The molecule has 1 heterocycles. The Kier molecular flexibility index (Phi) is 2.37. The SMILES string of the molecule is C[N+](C)(C)CCN1C[C@H]2CC[C@H]2C1. The molecular formula is C11H23N2+. The standard InChI is InChI=1S/C11H23N2/c1-13(2,3)7-6-12-8-10-4-5-11(10)9-12/h10-11H,4-9H2,1-3H3/q+1/t10-,11+. The molecule has 2 atom stereocenters. The second-order valence-corrected chi connectivity index (χ2v) is 5.87. The molecule has 0 unspecified atom stereocenters. The minimum absolute atomic E-state index is 1.08. The summed E-state index contributed by atoms with van der Waals surface area (Å²) >= 11 is 0. The van der Waals surface area contributed by atoms with Crippen LogP contribution in [0.15, 0.2) is 0 Å². The Morgan fingerprint density at radius 1 is 1.08 bits per heavy atom. The second-order valence-electron chi connectivity index (χ2n) is 5.87. The van der Waals surface area contributed by atoms with Gasteiger partial charge in [-0.05, 0) is 24.7 Å². The van der Waals surface area contributed by atoms with Gasteiger partial charge in [0.15, 0.2) is 0 Å². The van der Waals surface area contributed by atoms with E-state index >= 15 is 0 Å². The van der Waals surface area contributed by atoms with Gasteiger partial charge in [0, 0.05) is 19.6 Å². The van der Waals surface area contributed by atoms with Crippen LogP contribution >= 0.6 is 0 Å². The van der Waals surface area contributed by atoms with Crippen molar-refractivity contribution in [3.05, 3.63) is 0 Å². The zero-order valence-electron chi connectivity index (χ0n) is 9.29. The lowest BCUT2D eigenvalue weighted by atomic mass is 9.77. The first kappa shape index (κ1) is 9.47. The molecule has 2 rings (SSSR count). The Labute approximate surface area is 82.1 Å². The van der Waals surface area contributed by atoms with Gasteiger partial charge in [-0.1, -0.05) is 0 Å². The molecule has 0 N–H and O–H groups in total. The van der Waals surface area contributed by atoms with Crippen molar-refractivity contribution in [2.75, 3.05) is 47.3 Å². The summed E-state index contributed by atoms with van der Waals surface area (Å²) in [4.78, 5) is 2.67. The molecule has 0 amide bonds. The Morgan fingerprint density at radius 2 is 1.62 bits per heavy atom. The van der Waals surface area contributed by atoms with Crippen LogP contribution in [0.1, 0.15) is 12.8 Å². The molecule has 13 heavy (non-hydrogen) atoms. The van der Waals surface area contributed by atoms with Gasteiger partial charge in [-0.3, -0.25) is 4.90 Å². The van der Waals surface area contributed by atoms with Gasteiger partial charge in [0.2, 0.25) is 0 Å². The molecule has 2 fully saturated rings. The fourth-order valence-electron chi connectivity index (χ4n) is 2.48. The summed E-state index contributed by atoms with van der Waals surface area (Å²) in [5.74, 6) is 2.15. The monoisotopic (exact) mass is 183 g/mol. The van der Waals surface area contributed by atoms with E-state index < -0.39 is 0 Å². The zero-order chi connectivity index (χ0) is 9.47. The van der Waals surface area contributed by atoms with Crippen molar-refractivity contribution >= 4 is 0 Å². The van der Waals surface area contributed by atoms with Crippen LogP contribution in [-0.2, 0) is 0 Å². The van der Waals surface area contributed by atoms with E-state index in [-0.39, 0.29) is 0 Å². The fraction of sp³-hybridized carbons (Fsp3) is 1.00. The molecule has 0 aromatic rings. The van der Waals surface area contributed by atoms with Gasteiger partial charge in [0.05, 0.1) is 27.7 Å². The molecule has 1 saturated carbocycles. The lowest BCUT2D eigenvalue weighted by molar-refractivity contribution is -0.869. The normalized spacial score (nSPS) is 34.4. The first-order chi connectivity index (χ1) is 6.04. The molecule has 76 valence electrons. The van der Waals surface area contributed by atoms with E-state index in [0.29, 0.717) is 0 Å². The van der Waals surface area contributed by atoms with Gasteiger partial charge in [0.25, 0.3) is 0 Å². The van der Waals surface area contributed by atoms with Gasteiger partial charge < -0.3 is 4.48 Å². The number of nitrogens with zero attached hydrogens (tertiary/aromatic N) is 2. The quantitative estimate of drug-likeness (QED) is 0.591. The molecule has 0 aromatic heterocycles. The predicted molar refractivity (Wildman–Crippen MR) is 55.6 cm³/mol. The summed E-state index contributed by atoms with van der Waals surface area (Å²) in [5.41, 5.74) is 0.